The summed E-state index contributed by atoms with van der Waals surface area (Å²) in [5.41, 5.74) is -1.46. The molecule has 0 aliphatic carbocycles. The average Bonchev–Trinajstić information content (AvgIpc) is 2.95. The van der Waals surface area contributed by atoms with Crippen molar-refractivity contribution in [2.75, 3.05) is 51.6 Å². The quantitative estimate of drug-likeness (QED) is 0.532. The number of nitrogens with one attached hydrogen (secondary N) is 1. The number of benzene rings is 2. The van der Waals surface area contributed by atoms with Crippen molar-refractivity contribution in [3.05, 3.63) is 47.4 Å². The van der Waals surface area contributed by atoms with Crippen molar-refractivity contribution in [2.45, 2.75) is 6.37 Å². The summed E-state index contributed by atoms with van der Waals surface area (Å²) in [7, 11) is -3.47. The topological polar surface area (TPSA) is 68.7 Å². The van der Waals surface area contributed by atoms with Gasteiger partial charge in [-0.3, -0.25) is 4.90 Å². The molecule has 164 valence electrons. The second kappa shape index (κ2) is 10.1. The zero-order valence-electron chi connectivity index (χ0n) is 34.2. The highest BCUT2D eigenvalue weighted by Gasteiger charge is 2.14. The van der Waals surface area contributed by atoms with E-state index >= 15 is 0 Å². The van der Waals surface area contributed by atoms with Crippen LogP contribution in [0.25, 0.3) is 10.9 Å². The molecule has 1 N–H and O–H groups in total. The molecule has 0 unspecified atom stereocenters. The van der Waals surface area contributed by atoms with E-state index in [0.29, 0.717) is 0 Å². The minimum Gasteiger partial charge on any atom is -0.493 e. The molecule has 0 atom stereocenters. The van der Waals surface area contributed by atoms with Crippen molar-refractivity contribution in [1.29, 1.82) is 0 Å². The monoisotopic (exact) mass is 465 g/mol. The molecule has 0 radical (unpaired) electrons. The van der Waals surface area contributed by atoms with E-state index in [0.717, 1.165) is 0 Å². The number of anilines is 2. The smallest absolute Gasteiger partial charge is 0.162 e. The lowest BCUT2D eigenvalue weighted by molar-refractivity contribution is 0.0357. The van der Waals surface area contributed by atoms with E-state index in [-0.39, 0.29) is 4.90 Å². The molecule has 9 heteroatoms. The number of halogens is 2. The predicted molar refractivity (Wildman–Crippen MR) is 118 cm³/mol. The summed E-state index contributed by atoms with van der Waals surface area (Å²) in [6, 6.07) is -5.26. The van der Waals surface area contributed by atoms with Crippen LogP contribution in [0.2, 0.25) is 5.02 Å². The first kappa shape index (κ1) is 8.35. The van der Waals surface area contributed by atoms with Crippen LogP contribution < -0.4 is 14.8 Å². The lowest BCUT2D eigenvalue weighted by atomic mass is 10.2. The van der Waals surface area contributed by atoms with Gasteiger partial charge in [0.1, 0.15) is 19.3 Å². The number of nitrogens with zero attached hydrogens (tertiary/aromatic N) is 3. The van der Waals surface area contributed by atoms with Gasteiger partial charge in [0.2, 0.25) is 0 Å². The van der Waals surface area contributed by atoms with E-state index in [9.17, 15) is 4.39 Å². The maximum absolute atomic E-state index is 14.3. The Hall–Kier alpha value is -2.68. The number of morpholine rings is 1. The summed E-state index contributed by atoms with van der Waals surface area (Å²) in [5.74, 6) is -4.85. The van der Waals surface area contributed by atoms with E-state index in [4.69, 9.17) is 51.9 Å². The number of aromatic nitrogens is 2. The van der Waals surface area contributed by atoms with Gasteiger partial charge in [0.15, 0.2) is 11.5 Å². The van der Waals surface area contributed by atoms with Gasteiger partial charge in [-0.15, -0.1) is 0 Å². The Labute approximate surface area is 211 Å². The molecule has 0 amide bonds. The number of methoxy groups -OCH3 is 1. The van der Waals surface area contributed by atoms with Crippen LogP contribution in [-0.4, -0.2) is 61.2 Å². The Balaban J connectivity index is 1.99. The summed E-state index contributed by atoms with van der Waals surface area (Å²) in [6.07, 6.45) is -5.04. The van der Waals surface area contributed by atoms with Crippen LogP contribution in [0.5, 0.6) is 11.5 Å². The van der Waals surface area contributed by atoms with Gasteiger partial charge in [-0.05, 0) is 30.5 Å². The van der Waals surface area contributed by atoms with E-state index < -0.39 is 134 Å². The number of hydrogen-bond acceptors (Lipinski definition) is 7. The number of fused-ring (bicyclic) bond motifs is 1. The van der Waals surface area contributed by atoms with Crippen LogP contribution in [0.1, 0.15) is 32.4 Å². The molecule has 0 bridgehead atoms. The van der Waals surface area contributed by atoms with E-state index in [2.05, 4.69) is 15.3 Å². The Morgan fingerprint density at radius 2 is 2.19 bits per heavy atom. The third-order valence-corrected chi connectivity index (χ3v) is 3.83. The molecule has 2 heterocycles. The van der Waals surface area contributed by atoms with Crippen LogP contribution in [0.4, 0.5) is 15.9 Å². The van der Waals surface area contributed by atoms with Crippen LogP contribution in [-0.2, 0) is 4.74 Å². The highest BCUT2D eigenvalue weighted by Crippen LogP contribution is 2.35. The molecule has 1 aliphatic heterocycles. The molecule has 31 heavy (non-hydrogen) atoms. The van der Waals surface area contributed by atoms with Gasteiger partial charge in [-0.25, -0.2) is 14.4 Å². The highest BCUT2D eigenvalue weighted by atomic mass is 35.5. The fourth-order valence-electron chi connectivity index (χ4n) is 2.24. The molecule has 4 rings (SSSR count). The molecule has 1 aliphatic rings. The Morgan fingerprint density at radius 3 is 3.03 bits per heavy atom. The minimum absolute atomic E-state index is 0.230. The van der Waals surface area contributed by atoms with Gasteiger partial charge < -0.3 is 19.5 Å². The number of hydrogen-bond donors (Lipinski definition) is 1. The van der Waals surface area contributed by atoms with Crippen molar-refractivity contribution in [3.8, 4) is 11.5 Å². The first-order valence-electron chi connectivity index (χ1n) is 17.8. The molecule has 1 saturated heterocycles. The minimum atomic E-state index is -4.11. The third-order valence-electron chi connectivity index (χ3n) is 3.57. The fourth-order valence-corrected chi connectivity index (χ4v) is 2.38. The third kappa shape index (κ3) is 5.33. The number of ether oxygens (including phenoxy) is 3. The molecule has 3 aromatic rings. The lowest BCUT2D eigenvalue weighted by Crippen LogP contribution is -2.37. The molecule has 0 saturated carbocycles. The predicted octanol–water partition coefficient (Wildman–Crippen LogP) is 4.28. The van der Waals surface area contributed by atoms with E-state index in [1.807, 2.05) is 0 Å². The second-order valence-corrected chi connectivity index (χ2v) is 5.87. The van der Waals surface area contributed by atoms with Crippen molar-refractivity contribution in [3.63, 3.8) is 0 Å². The molecular weight excluding hydrogens is 423 g/mol. The standard InChI is InChI=1S/C22H24ClFN4O3/c1-29-20-13-19-16(12-21(20)31-8-2-5-28-6-9-30-10-7-28)22(26-14-25-19)27-15-3-4-18(24)17(23)11-15/h3-4,11-14H,2,5-10H2,1H3,(H,25,26,27)/i1D3,2D2,3D,4D,5D2,6D2,7D2,8D2,11D,12D,13D,14D. The second-order valence-electron chi connectivity index (χ2n) is 5.49. The van der Waals surface area contributed by atoms with Crippen LogP contribution >= 0.6 is 11.6 Å². The van der Waals surface area contributed by atoms with Crippen molar-refractivity contribution < 1.29 is 44.6 Å². The number of rotatable bonds is 8. The SMILES string of the molecule is [2H]c1nc(Nc2c([2H])c([2H])c(F)c(Cl)c2[2H])c2c([2H])c(OC([2H])([2H])C([2H])([2H])C([2H])([2H])N3C([2H])([2H])COCC3([2H])[2H])c(OC([2H])([2H])[2H])c([2H])c2n1. The van der Waals surface area contributed by atoms with Gasteiger partial charge in [-0.1, -0.05) is 11.6 Å². The maximum atomic E-state index is 14.3. The lowest BCUT2D eigenvalue weighted by Gasteiger charge is -2.26. The first-order valence-corrected chi connectivity index (χ1v) is 8.67. The summed E-state index contributed by atoms with van der Waals surface area (Å²) < 4.78 is 184. The van der Waals surface area contributed by atoms with Crippen molar-refractivity contribution in [1.82, 2.24) is 14.9 Å². The summed E-state index contributed by atoms with van der Waals surface area (Å²) in [4.78, 5) is 7.18. The van der Waals surface area contributed by atoms with Gasteiger partial charge in [0.25, 0.3) is 0 Å². The van der Waals surface area contributed by atoms with Crippen LogP contribution in [0, 0.1) is 5.82 Å². The van der Waals surface area contributed by atoms with Gasteiger partial charge in [0, 0.05) is 47.6 Å². The Bertz CT molecular complexity index is 1820. The molecule has 7 nitrogen and oxygen atoms in total. The molecule has 2 aromatic carbocycles. The average molecular weight is 466 g/mol. The zero-order valence-corrected chi connectivity index (χ0v) is 16.0. The molecule has 1 aromatic heterocycles. The summed E-state index contributed by atoms with van der Waals surface area (Å²) in [5, 5.41) is 0.656. The van der Waals surface area contributed by atoms with Crippen molar-refractivity contribution >= 4 is 34.0 Å². The van der Waals surface area contributed by atoms with E-state index in [1.165, 1.54) is 0 Å². The fraction of sp³-hybridized carbons (Fsp3) is 0.364. The van der Waals surface area contributed by atoms with E-state index in [1.54, 1.807) is 0 Å². The molecule has 0 spiro atoms. The van der Waals surface area contributed by atoms with Gasteiger partial charge in [-0.2, -0.15) is 0 Å². The summed E-state index contributed by atoms with van der Waals surface area (Å²) >= 11 is 5.79. The first-order chi connectivity index (χ1) is 22.5. The molecular formula is C22H24ClFN4O3. The van der Waals surface area contributed by atoms with Gasteiger partial charge >= 0.3 is 0 Å². The largest absolute Gasteiger partial charge is 0.493 e. The highest BCUT2D eigenvalue weighted by molar-refractivity contribution is 6.31. The maximum Gasteiger partial charge on any atom is 0.162 e. The Kier molecular flexibility index (Phi) is 2.72. The summed E-state index contributed by atoms with van der Waals surface area (Å²) in [6.45, 7) is -16.1. The Morgan fingerprint density at radius 1 is 1.32 bits per heavy atom. The van der Waals surface area contributed by atoms with Gasteiger partial charge in [0.05, 0.1) is 51.1 Å². The van der Waals surface area contributed by atoms with Crippen molar-refractivity contribution in [2.24, 2.45) is 0 Å². The normalized spacial score (nSPS) is 28.5. The van der Waals surface area contributed by atoms with Crippen LogP contribution in [0.15, 0.2) is 36.5 Å². The molecule has 1 fully saturated rings. The zero-order chi connectivity index (χ0) is 38.3. The van der Waals surface area contributed by atoms with Crippen LogP contribution in [0.3, 0.4) is 0 Å².